The van der Waals surface area contributed by atoms with Crippen molar-refractivity contribution < 1.29 is 9.59 Å². The molecule has 0 radical (unpaired) electrons. The summed E-state index contributed by atoms with van der Waals surface area (Å²) in [5.41, 5.74) is 0.930. The van der Waals surface area contributed by atoms with Crippen molar-refractivity contribution in [1.29, 1.82) is 0 Å². The first-order valence-electron chi connectivity index (χ1n) is 7.26. The predicted molar refractivity (Wildman–Crippen MR) is 82.7 cm³/mol. The maximum absolute atomic E-state index is 12.5. The Bertz CT molecular complexity index is 527. The standard InChI is InChI=1S/C17H22N2O2/c1-4-15(14-8-6-5-7-9-14)17(21)18-16-11-19(13(3)20)10-12(16)2/h4-9,12,15-16H,1,10-11H2,2-3H3,(H,18,21)/t12-,15?,16-/m1/s1. The van der Waals surface area contributed by atoms with Crippen LogP contribution in [-0.2, 0) is 9.59 Å². The van der Waals surface area contributed by atoms with Crippen molar-refractivity contribution in [3.8, 4) is 0 Å². The molecule has 21 heavy (non-hydrogen) atoms. The maximum atomic E-state index is 12.5. The fourth-order valence-corrected chi connectivity index (χ4v) is 2.74. The molecule has 1 aliphatic heterocycles. The zero-order valence-corrected chi connectivity index (χ0v) is 12.6. The molecule has 1 N–H and O–H groups in total. The largest absolute Gasteiger partial charge is 0.350 e. The van der Waals surface area contributed by atoms with E-state index in [1.807, 2.05) is 30.3 Å². The molecular formula is C17H22N2O2. The van der Waals surface area contributed by atoms with Crippen LogP contribution in [0.4, 0.5) is 0 Å². The molecular weight excluding hydrogens is 264 g/mol. The van der Waals surface area contributed by atoms with Crippen molar-refractivity contribution in [3.05, 3.63) is 48.6 Å². The van der Waals surface area contributed by atoms with Crippen molar-refractivity contribution in [2.24, 2.45) is 5.92 Å². The molecule has 0 saturated carbocycles. The van der Waals surface area contributed by atoms with Gasteiger partial charge in [-0.05, 0) is 11.5 Å². The molecule has 1 unspecified atom stereocenters. The molecule has 0 spiro atoms. The van der Waals surface area contributed by atoms with Crippen molar-refractivity contribution >= 4 is 11.8 Å². The molecule has 0 bridgehead atoms. The summed E-state index contributed by atoms with van der Waals surface area (Å²) < 4.78 is 0. The van der Waals surface area contributed by atoms with Gasteiger partial charge in [-0.25, -0.2) is 0 Å². The van der Waals surface area contributed by atoms with E-state index in [1.54, 1.807) is 17.9 Å². The first-order valence-corrected chi connectivity index (χ1v) is 7.26. The smallest absolute Gasteiger partial charge is 0.231 e. The topological polar surface area (TPSA) is 49.4 Å². The molecule has 1 aromatic rings. The summed E-state index contributed by atoms with van der Waals surface area (Å²) in [6, 6.07) is 9.60. The Kier molecular flexibility index (Phi) is 4.78. The highest BCUT2D eigenvalue weighted by molar-refractivity contribution is 5.86. The fraction of sp³-hybridized carbons (Fsp3) is 0.412. The Morgan fingerprint density at radius 1 is 1.33 bits per heavy atom. The molecule has 2 rings (SSSR count). The normalized spacial score (nSPS) is 22.7. The SMILES string of the molecule is C=CC(C(=O)N[C@@H]1CN(C(C)=O)C[C@H]1C)c1ccccc1. The van der Waals surface area contributed by atoms with E-state index in [2.05, 4.69) is 18.8 Å². The van der Waals surface area contributed by atoms with Gasteiger partial charge in [0.15, 0.2) is 0 Å². The fourth-order valence-electron chi connectivity index (χ4n) is 2.74. The Balaban J connectivity index is 2.03. The van der Waals surface area contributed by atoms with Crippen LogP contribution in [0.1, 0.15) is 25.3 Å². The van der Waals surface area contributed by atoms with Gasteiger partial charge in [0.25, 0.3) is 0 Å². The van der Waals surface area contributed by atoms with Crippen LogP contribution in [0.3, 0.4) is 0 Å². The van der Waals surface area contributed by atoms with Crippen LogP contribution < -0.4 is 5.32 Å². The van der Waals surface area contributed by atoms with Gasteiger partial charge in [0.2, 0.25) is 11.8 Å². The van der Waals surface area contributed by atoms with E-state index in [1.165, 1.54) is 0 Å². The Morgan fingerprint density at radius 2 is 2.00 bits per heavy atom. The lowest BCUT2D eigenvalue weighted by atomic mass is 9.97. The van der Waals surface area contributed by atoms with Crippen molar-refractivity contribution in [3.63, 3.8) is 0 Å². The van der Waals surface area contributed by atoms with Gasteiger partial charge in [0, 0.05) is 20.0 Å². The van der Waals surface area contributed by atoms with Gasteiger partial charge in [-0.1, -0.05) is 43.3 Å². The second kappa shape index (κ2) is 6.57. The van der Waals surface area contributed by atoms with Gasteiger partial charge in [-0.15, -0.1) is 6.58 Å². The molecule has 1 heterocycles. The number of hydrogen-bond acceptors (Lipinski definition) is 2. The molecule has 112 valence electrons. The quantitative estimate of drug-likeness (QED) is 0.860. The molecule has 4 heteroatoms. The van der Waals surface area contributed by atoms with Gasteiger partial charge in [0.05, 0.1) is 12.0 Å². The van der Waals surface area contributed by atoms with Crippen LogP contribution in [0.2, 0.25) is 0 Å². The lowest BCUT2D eigenvalue weighted by Gasteiger charge is -2.20. The minimum absolute atomic E-state index is 0.00700. The summed E-state index contributed by atoms with van der Waals surface area (Å²) in [5, 5.41) is 3.06. The highest BCUT2D eigenvalue weighted by Gasteiger charge is 2.33. The van der Waals surface area contributed by atoms with E-state index in [-0.39, 0.29) is 29.7 Å². The highest BCUT2D eigenvalue weighted by Crippen LogP contribution is 2.20. The number of hydrogen-bond donors (Lipinski definition) is 1. The number of rotatable bonds is 4. The van der Waals surface area contributed by atoms with Crippen molar-refractivity contribution in [2.45, 2.75) is 25.8 Å². The first kappa shape index (κ1) is 15.3. The van der Waals surface area contributed by atoms with E-state index in [0.717, 1.165) is 5.56 Å². The van der Waals surface area contributed by atoms with Crippen molar-refractivity contribution in [1.82, 2.24) is 10.2 Å². The van der Waals surface area contributed by atoms with Crippen LogP contribution in [0.25, 0.3) is 0 Å². The third-order valence-electron chi connectivity index (χ3n) is 4.06. The van der Waals surface area contributed by atoms with Gasteiger partial charge in [0.1, 0.15) is 0 Å². The minimum Gasteiger partial charge on any atom is -0.350 e. The van der Waals surface area contributed by atoms with Crippen LogP contribution >= 0.6 is 0 Å². The predicted octanol–water partition coefficient (Wildman–Crippen LogP) is 1.94. The summed E-state index contributed by atoms with van der Waals surface area (Å²) in [6.07, 6.45) is 1.66. The van der Waals surface area contributed by atoms with Gasteiger partial charge in [-0.2, -0.15) is 0 Å². The summed E-state index contributed by atoms with van der Waals surface area (Å²) in [7, 11) is 0. The maximum Gasteiger partial charge on any atom is 0.231 e. The number of carbonyl (C=O) groups excluding carboxylic acids is 2. The number of amides is 2. The molecule has 1 aromatic carbocycles. The molecule has 4 nitrogen and oxygen atoms in total. The molecule has 2 amide bonds. The third-order valence-corrected chi connectivity index (χ3v) is 4.06. The lowest BCUT2D eigenvalue weighted by molar-refractivity contribution is -0.128. The average molecular weight is 286 g/mol. The van der Waals surface area contributed by atoms with Crippen molar-refractivity contribution in [2.75, 3.05) is 13.1 Å². The van der Waals surface area contributed by atoms with Crippen LogP contribution in [0.5, 0.6) is 0 Å². The van der Waals surface area contributed by atoms with Gasteiger partial charge in [-0.3, -0.25) is 9.59 Å². The molecule has 3 atom stereocenters. The second-order valence-electron chi connectivity index (χ2n) is 5.64. The Labute approximate surface area is 125 Å². The molecule has 1 aliphatic rings. The highest BCUT2D eigenvalue weighted by atomic mass is 16.2. The molecule has 0 aliphatic carbocycles. The average Bonchev–Trinajstić information content (AvgIpc) is 2.82. The Hall–Kier alpha value is -2.10. The minimum atomic E-state index is -0.357. The third kappa shape index (κ3) is 3.51. The van der Waals surface area contributed by atoms with E-state index in [0.29, 0.717) is 13.1 Å². The van der Waals surface area contributed by atoms with Crippen LogP contribution in [0.15, 0.2) is 43.0 Å². The zero-order chi connectivity index (χ0) is 15.4. The van der Waals surface area contributed by atoms with Crippen LogP contribution in [0, 0.1) is 5.92 Å². The lowest BCUT2D eigenvalue weighted by Crippen LogP contribution is -2.42. The van der Waals surface area contributed by atoms with E-state index < -0.39 is 0 Å². The van der Waals surface area contributed by atoms with E-state index in [4.69, 9.17) is 0 Å². The number of likely N-dealkylation sites (tertiary alicyclic amines) is 1. The van der Waals surface area contributed by atoms with Gasteiger partial charge >= 0.3 is 0 Å². The summed E-state index contributed by atoms with van der Waals surface area (Å²) >= 11 is 0. The molecule has 0 aromatic heterocycles. The summed E-state index contributed by atoms with van der Waals surface area (Å²) in [5.74, 6) is -0.0933. The van der Waals surface area contributed by atoms with E-state index >= 15 is 0 Å². The Morgan fingerprint density at radius 3 is 2.52 bits per heavy atom. The zero-order valence-electron chi connectivity index (χ0n) is 12.6. The number of benzene rings is 1. The second-order valence-corrected chi connectivity index (χ2v) is 5.64. The number of carbonyl (C=O) groups is 2. The van der Waals surface area contributed by atoms with E-state index in [9.17, 15) is 9.59 Å². The van der Waals surface area contributed by atoms with Gasteiger partial charge < -0.3 is 10.2 Å². The number of nitrogens with zero attached hydrogens (tertiary/aromatic N) is 1. The number of nitrogens with one attached hydrogen (secondary N) is 1. The summed E-state index contributed by atoms with van der Waals surface area (Å²) in [6.45, 7) is 8.67. The monoisotopic (exact) mass is 286 g/mol. The molecule has 1 fully saturated rings. The van der Waals surface area contributed by atoms with Crippen LogP contribution in [-0.4, -0.2) is 35.8 Å². The summed E-state index contributed by atoms with van der Waals surface area (Å²) in [4.78, 5) is 25.7. The molecule has 1 saturated heterocycles. The first-order chi connectivity index (χ1) is 10.0.